The lowest BCUT2D eigenvalue weighted by atomic mass is 10.2. The Morgan fingerprint density at radius 1 is 1.31 bits per heavy atom. The average Bonchev–Trinajstić information content (AvgIpc) is 2.33. The Kier molecular flexibility index (Phi) is 3.80. The standard InChI is InChI=1S/C12H15ClN2O/c1-10-4-2-3-5-11(10)14-12(13)15-6-8-16-9-7-15/h2-5H,6-9H2,1H3. The van der Waals surface area contributed by atoms with Crippen LogP contribution in [0.1, 0.15) is 5.56 Å². The molecular formula is C12H15ClN2O. The molecule has 1 aliphatic rings. The van der Waals surface area contributed by atoms with E-state index in [1.807, 2.05) is 36.1 Å². The molecule has 0 bridgehead atoms. The molecular weight excluding hydrogens is 224 g/mol. The second kappa shape index (κ2) is 5.32. The van der Waals surface area contributed by atoms with Gasteiger partial charge in [0.1, 0.15) is 0 Å². The Bertz CT molecular complexity index is 386. The van der Waals surface area contributed by atoms with Gasteiger partial charge in [0, 0.05) is 13.1 Å². The molecule has 0 unspecified atom stereocenters. The van der Waals surface area contributed by atoms with Gasteiger partial charge in [0.25, 0.3) is 0 Å². The van der Waals surface area contributed by atoms with Crippen LogP contribution in [-0.2, 0) is 4.74 Å². The molecule has 1 heterocycles. The molecule has 86 valence electrons. The minimum Gasteiger partial charge on any atom is -0.378 e. The molecule has 0 N–H and O–H groups in total. The van der Waals surface area contributed by atoms with Crippen LogP contribution in [0, 0.1) is 6.92 Å². The Hall–Kier alpha value is -1.06. The Morgan fingerprint density at radius 3 is 2.69 bits per heavy atom. The van der Waals surface area contributed by atoms with Gasteiger partial charge in [0.2, 0.25) is 0 Å². The molecule has 0 aromatic heterocycles. The number of halogens is 1. The van der Waals surface area contributed by atoms with Crippen molar-refractivity contribution in [2.45, 2.75) is 6.92 Å². The number of aryl methyl sites for hydroxylation is 1. The van der Waals surface area contributed by atoms with Crippen molar-refractivity contribution in [3.63, 3.8) is 0 Å². The predicted molar refractivity (Wildman–Crippen MR) is 66.5 cm³/mol. The van der Waals surface area contributed by atoms with Crippen LogP contribution in [0.25, 0.3) is 0 Å². The lowest BCUT2D eigenvalue weighted by molar-refractivity contribution is 0.0692. The molecule has 0 radical (unpaired) electrons. The van der Waals surface area contributed by atoms with Gasteiger partial charge in [-0.3, -0.25) is 0 Å². The van der Waals surface area contributed by atoms with Crippen LogP contribution >= 0.6 is 11.6 Å². The fraction of sp³-hybridized carbons (Fsp3) is 0.417. The van der Waals surface area contributed by atoms with E-state index >= 15 is 0 Å². The predicted octanol–water partition coefficient (Wildman–Crippen LogP) is 2.55. The quantitative estimate of drug-likeness (QED) is 0.427. The van der Waals surface area contributed by atoms with E-state index in [0.717, 1.165) is 37.6 Å². The zero-order valence-electron chi connectivity index (χ0n) is 9.32. The van der Waals surface area contributed by atoms with Gasteiger partial charge in [-0.1, -0.05) is 18.2 Å². The van der Waals surface area contributed by atoms with Crippen molar-refractivity contribution < 1.29 is 4.74 Å². The number of hydrogen-bond acceptors (Lipinski definition) is 2. The summed E-state index contributed by atoms with van der Waals surface area (Å²) >= 11 is 6.19. The van der Waals surface area contributed by atoms with Gasteiger partial charge in [-0.25, -0.2) is 4.99 Å². The van der Waals surface area contributed by atoms with Crippen molar-refractivity contribution in [3.8, 4) is 0 Å². The van der Waals surface area contributed by atoms with Crippen LogP contribution in [0.4, 0.5) is 5.69 Å². The van der Waals surface area contributed by atoms with Gasteiger partial charge in [0.05, 0.1) is 18.9 Å². The number of benzene rings is 1. The maximum absolute atomic E-state index is 6.19. The van der Waals surface area contributed by atoms with Crippen molar-refractivity contribution in [1.82, 2.24) is 4.90 Å². The molecule has 0 saturated carbocycles. The van der Waals surface area contributed by atoms with Crippen LogP contribution < -0.4 is 0 Å². The third kappa shape index (κ3) is 2.74. The number of amidine groups is 1. The summed E-state index contributed by atoms with van der Waals surface area (Å²) in [6.07, 6.45) is 0. The van der Waals surface area contributed by atoms with E-state index in [9.17, 15) is 0 Å². The smallest absolute Gasteiger partial charge is 0.199 e. The maximum atomic E-state index is 6.19. The van der Waals surface area contributed by atoms with Crippen molar-refractivity contribution in [3.05, 3.63) is 29.8 Å². The summed E-state index contributed by atoms with van der Waals surface area (Å²) in [5.41, 5.74) is 2.06. The van der Waals surface area contributed by atoms with E-state index in [0.29, 0.717) is 5.29 Å². The van der Waals surface area contributed by atoms with Crippen molar-refractivity contribution in [2.24, 2.45) is 4.99 Å². The maximum Gasteiger partial charge on any atom is 0.199 e. The number of para-hydroxylation sites is 1. The SMILES string of the molecule is Cc1ccccc1N=C(Cl)N1CCOCC1. The number of nitrogens with zero attached hydrogens (tertiary/aromatic N) is 2. The average molecular weight is 239 g/mol. The van der Waals surface area contributed by atoms with E-state index < -0.39 is 0 Å². The molecule has 2 rings (SSSR count). The number of morpholine rings is 1. The van der Waals surface area contributed by atoms with Crippen LogP contribution in [0.15, 0.2) is 29.3 Å². The van der Waals surface area contributed by atoms with E-state index in [1.54, 1.807) is 0 Å². The molecule has 0 amide bonds. The number of hydrogen-bond donors (Lipinski definition) is 0. The molecule has 0 spiro atoms. The Balaban J connectivity index is 2.13. The summed E-state index contributed by atoms with van der Waals surface area (Å²) in [5.74, 6) is 0. The van der Waals surface area contributed by atoms with Gasteiger partial charge in [-0.15, -0.1) is 0 Å². The van der Waals surface area contributed by atoms with Gasteiger partial charge < -0.3 is 9.64 Å². The van der Waals surface area contributed by atoms with Crippen molar-refractivity contribution in [1.29, 1.82) is 0 Å². The summed E-state index contributed by atoms with van der Waals surface area (Å²) in [6, 6.07) is 7.97. The van der Waals surface area contributed by atoms with Crippen molar-refractivity contribution >= 4 is 22.6 Å². The fourth-order valence-corrected chi connectivity index (χ4v) is 1.87. The third-order valence-corrected chi connectivity index (χ3v) is 2.92. The minimum atomic E-state index is 0.553. The molecule has 0 atom stereocenters. The van der Waals surface area contributed by atoms with Gasteiger partial charge >= 0.3 is 0 Å². The normalized spacial score (nSPS) is 17.6. The van der Waals surface area contributed by atoms with Crippen LogP contribution in [0.2, 0.25) is 0 Å². The van der Waals surface area contributed by atoms with Gasteiger partial charge in [-0.05, 0) is 30.2 Å². The fourth-order valence-electron chi connectivity index (χ4n) is 1.61. The van der Waals surface area contributed by atoms with Crippen LogP contribution in [-0.4, -0.2) is 36.5 Å². The zero-order valence-corrected chi connectivity index (χ0v) is 10.1. The second-order valence-corrected chi connectivity index (χ2v) is 4.10. The third-order valence-electron chi connectivity index (χ3n) is 2.60. The highest BCUT2D eigenvalue weighted by Gasteiger charge is 2.13. The molecule has 3 nitrogen and oxygen atoms in total. The van der Waals surface area contributed by atoms with Crippen molar-refractivity contribution in [2.75, 3.05) is 26.3 Å². The minimum absolute atomic E-state index is 0.553. The second-order valence-electron chi connectivity index (χ2n) is 3.77. The Morgan fingerprint density at radius 2 is 2.00 bits per heavy atom. The van der Waals surface area contributed by atoms with Gasteiger partial charge in [-0.2, -0.15) is 0 Å². The largest absolute Gasteiger partial charge is 0.378 e. The number of rotatable bonds is 1. The van der Waals surface area contributed by atoms with Crippen LogP contribution in [0.3, 0.4) is 0 Å². The molecule has 1 saturated heterocycles. The molecule has 0 aliphatic carbocycles. The van der Waals surface area contributed by atoms with E-state index in [4.69, 9.17) is 16.3 Å². The first-order valence-electron chi connectivity index (χ1n) is 5.40. The summed E-state index contributed by atoms with van der Waals surface area (Å²) in [6.45, 7) is 5.10. The molecule has 16 heavy (non-hydrogen) atoms. The van der Waals surface area contributed by atoms with Gasteiger partial charge in [0.15, 0.2) is 5.29 Å². The number of ether oxygens (including phenoxy) is 1. The molecule has 1 aromatic rings. The summed E-state index contributed by atoms with van der Waals surface area (Å²) in [5, 5.41) is 0.553. The first kappa shape index (κ1) is 11.4. The molecule has 1 fully saturated rings. The Labute approximate surface area is 101 Å². The lowest BCUT2D eigenvalue weighted by Crippen LogP contribution is -2.38. The summed E-state index contributed by atoms with van der Waals surface area (Å²) in [4.78, 5) is 6.47. The molecule has 4 heteroatoms. The first-order valence-corrected chi connectivity index (χ1v) is 5.77. The van der Waals surface area contributed by atoms with E-state index in [1.165, 1.54) is 0 Å². The number of aliphatic imine (C=N–C) groups is 1. The van der Waals surface area contributed by atoms with Crippen LogP contribution in [0.5, 0.6) is 0 Å². The lowest BCUT2D eigenvalue weighted by Gasteiger charge is -2.26. The molecule has 1 aromatic carbocycles. The van der Waals surface area contributed by atoms with E-state index in [-0.39, 0.29) is 0 Å². The molecule has 1 aliphatic heterocycles. The zero-order chi connectivity index (χ0) is 11.4. The monoisotopic (exact) mass is 238 g/mol. The highest BCUT2D eigenvalue weighted by molar-refractivity contribution is 6.64. The highest BCUT2D eigenvalue weighted by Crippen LogP contribution is 2.19. The first-order chi connectivity index (χ1) is 7.77. The topological polar surface area (TPSA) is 24.8 Å². The van der Waals surface area contributed by atoms with E-state index in [2.05, 4.69) is 4.99 Å². The summed E-state index contributed by atoms with van der Waals surface area (Å²) < 4.78 is 5.27. The summed E-state index contributed by atoms with van der Waals surface area (Å²) in [7, 11) is 0. The highest BCUT2D eigenvalue weighted by atomic mass is 35.5.